The zero-order valence-corrected chi connectivity index (χ0v) is 19.0. The monoisotopic (exact) mass is 463 g/mol. The molecule has 0 saturated heterocycles. The molecular weight excluding hydrogens is 438 g/mol. The van der Waals surface area contributed by atoms with E-state index in [-0.39, 0.29) is 12.5 Å². The van der Waals surface area contributed by atoms with Crippen molar-refractivity contribution in [3.63, 3.8) is 0 Å². The van der Waals surface area contributed by atoms with Gasteiger partial charge in [0.1, 0.15) is 18.5 Å². The molecule has 0 aliphatic heterocycles. The van der Waals surface area contributed by atoms with E-state index in [1.54, 1.807) is 30.5 Å². The second-order valence-electron chi connectivity index (χ2n) is 8.24. The predicted octanol–water partition coefficient (Wildman–Crippen LogP) is 5.00. The van der Waals surface area contributed by atoms with Crippen molar-refractivity contribution in [2.45, 2.75) is 12.6 Å². The molecule has 1 aromatic heterocycles. The average Bonchev–Trinajstić information content (AvgIpc) is 3.22. The number of ether oxygens (including phenoxy) is 1. The Labute approximate surface area is 203 Å². The Hall–Kier alpha value is -4.42. The van der Waals surface area contributed by atoms with Gasteiger partial charge in [0.2, 0.25) is 0 Å². The van der Waals surface area contributed by atoms with E-state index in [0.717, 1.165) is 16.6 Å². The van der Waals surface area contributed by atoms with Gasteiger partial charge in [-0.25, -0.2) is 5.43 Å². The number of hydrazone groups is 1. The number of carbonyl (C=O) groups excluding carboxylic acids is 1. The third-order valence-corrected chi connectivity index (χ3v) is 5.81. The van der Waals surface area contributed by atoms with Crippen LogP contribution in [0, 0.1) is 0 Å². The fraction of sp³-hybridized carbons (Fsp3) is 0.103. The van der Waals surface area contributed by atoms with Crippen molar-refractivity contribution in [2.75, 3.05) is 6.61 Å². The molecule has 6 nitrogen and oxygen atoms in total. The SMILES string of the molecule is O=C(NN=Cc1ccc(OCC(O)Cn2c3ccccc3c3ccccc32)cc1)c1ccccc1. The van der Waals surface area contributed by atoms with Crippen LogP contribution in [0.5, 0.6) is 5.75 Å². The highest BCUT2D eigenvalue weighted by Crippen LogP contribution is 2.28. The van der Waals surface area contributed by atoms with Crippen LogP contribution in [0.15, 0.2) is 108 Å². The minimum absolute atomic E-state index is 0.168. The van der Waals surface area contributed by atoms with Crippen molar-refractivity contribution in [3.8, 4) is 5.75 Å². The lowest BCUT2D eigenvalue weighted by Crippen LogP contribution is -2.23. The number of benzene rings is 4. The van der Waals surface area contributed by atoms with Crippen molar-refractivity contribution in [2.24, 2.45) is 5.10 Å². The Morgan fingerprint density at radius 1 is 0.857 bits per heavy atom. The van der Waals surface area contributed by atoms with Crippen molar-refractivity contribution in [1.29, 1.82) is 0 Å². The fourth-order valence-corrected chi connectivity index (χ4v) is 4.13. The van der Waals surface area contributed by atoms with Gasteiger partial charge in [0.15, 0.2) is 0 Å². The van der Waals surface area contributed by atoms with Crippen LogP contribution < -0.4 is 10.2 Å². The highest BCUT2D eigenvalue weighted by Gasteiger charge is 2.14. The molecule has 1 heterocycles. The summed E-state index contributed by atoms with van der Waals surface area (Å²) in [4.78, 5) is 12.0. The standard InChI is InChI=1S/C29H25N3O3/c33-23(19-32-27-12-6-4-10-25(27)26-11-5-7-13-28(26)32)20-35-24-16-14-21(15-17-24)18-30-31-29(34)22-8-2-1-3-9-22/h1-18,23,33H,19-20H2,(H,31,34). The van der Waals surface area contributed by atoms with Crippen LogP contribution in [0.2, 0.25) is 0 Å². The maximum absolute atomic E-state index is 12.0. The lowest BCUT2D eigenvalue weighted by Gasteiger charge is -2.15. The van der Waals surface area contributed by atoms with Crippen LogP contribution in [0.3, 0.4) is 0 Å². The minimum atomic E-state index is -0.677. The molecule has 0 radical (unpaired) electrons. The lowest BCUT2D eigenvalue weighted by atomic mass is 10.2. The first-order valence-electron chi connectivity index (χ1n) is 11.4. The third kappa shape index (κ3) is 5.08. The molecular formula is C29H25N3O3. The quantitative estimate of drug-likeness (QED) is 0.251. The van der Waals surface area contributed by atoms with Crippen LogP contribution in [0.4, 0.5) is 0 Å². The van der Waals surface area contributed by atoms with Gasteiger partial charge in [-0.1, -0.05) is 54.6 Å². The van der Waals surface area contributed by atoms with Gasteiger partial charge < -0.3 is 14.4 Å². The molecule has 0 spiro atoms. The lowest BCUT2D eigenvalue weighted by molar-refractivity contribution is 0.0944. The first kappa shape index (κ1) is 22.4. The van der Waals surface area contributed by atoms with E-state index in [1.807, 2.05) is 54.6 Å². The van der Waals surface area contributed by atoms with Gasteiger partial charge in [-0.15, -0.1) is 0 Å². The molecule has 0 fully saturated rings. The average molecular weight is 464 g/mol. The summed E-state index contributed by atoms with van der Waals surface area (Å²) in [6.45, 7) is 0.598. The van der Waals surface area contributed by atoms with E-state index in [0.29, 0.717) is 17.9 Å². The number of aliphatic hydroxyl groups is 1. The molecule has 4 aromatic carbocycles. The molecule has 0 aliphatic rings. The number of nitrogens with one attached hydrogen (secondary N) is 1. The van der Waals surface area contributed by atoms with E-state index in [9.17, 15) is 9.90 Å². The number of para-hydroxylation sites is 2. The van der Waals surface area contributed by atoms with Gasteiger partial charge in [-0.3, -0.25) is 4.79 Å². The first-order valence-corrected chi connectivity index (χ1v) is 11.4. The maximum atomic E-state index is 12.0. The molecule has 0 bridgehead atoms. The smallest absolute Gasteiger partial charge is 0.271 e. The molecule has 2 N–H and O–H groups in total. The van der Waals surface area contributed by atoms with Crippen molar-refractivity contribution in [3.05, 3.63) is 114 Å². The summed E-state index contributed by atoms with van der Waals surface area (Å²) in [6, 6.07) is 32.7. The Balaban J connectivity index is 1.18. The second kappa shape index (κ2) is 10.2. The number of fused-ring (bicyclic) bond motifs is 3. The number of nitrogens with zero attached hydrogens (tertiary/aromatic N) is 2. The molecule has 174 valence electrons. The molecule has 1 unspecified atom stereocenters. The Kier molecular flexibility index (Phi) is 6.55. The summed E-state index contributed by atoms with van der Waals surface area (Å²) >= 11 is 0. The topological polar surface area (TPSA) is 75.8 Å². The van der Waals surface area contributed by atoms with Crippen LogP contribution >= 0.6 is 0 Å². The summed E-state index contributed by atoms with van der Waals surface area (Å²) in [5.41, 5.74) is 6.06. The number of amides is 1. The van der Waals surface area contributed by atoms with E-state index in [4.69, 9.17) is 4.74 Å². The van der Waals surface area contributed by atoms with E-state index in [1.165, 1.54) is 10.8 Å². The molecule has 5 aromatic rings. The zero-order valence-electron chi connectivity index (χ0n) is 19.0. The zero-order chi connectivity index (χ0) is 24.0. The van der Waals surface area contributed by atoms with E-state index < -0.39 is 6.10 Å². The number of rotatable bonds is 8. The van der Waals surface area contributed by atoms with Gasteiger partial charge >= 0.3 is 0 Å². The van der Waals surface area contributed by atoms with Crippen molar-refractivity contribution >= 4 is 33.9 Å². The Bertz CT molecular complexity index is 1420. The number of aromatic nitrogens is 1. The normalized spacial score (nSPS) is 12.3. The molecule has 0 aliphatic carbocycles. The number of hydrogen-bond acceptors (Lipinski definition) is 4. The maximum Gasteiger partial charge on any atom is 0.271 e. The molecule has 5 rings (SSSR count). The van der Waals surface area contributed by atoms with Crippen LogP contribution in [-0.4, -0.2) is 34.5 Å². The van der Waals surface area contributed by atoms with Gasteiger partial charge in [-0.2, -0.15) is 5.10 Å². The van der Waals surface area contributed by atoms with Gasteiger partial charge in [-0.05, 0) is 54.1 Å². The Morgan fingerprint density at radius 3 is 2.11 bits per heavy atom. The molecule has 6 heteroatoms. The van der Waals surface area contributed by atoms with Crippen molar-refractivity contribution < 1.29 is 14.6 Å². The second-order valence-corrected chi connectivity index (χ2v) is 8.24. The summed E-state index contributed by atoms with van der Waals surface area (Å²) in [5, 5.41) is 17.1. The number of carbonyl (C=O) groups is 1. The summed E-state index contributed by atoms with van der Waals surface area (Å²) in [5.74, 6) is 0.385. The molecule has 1 atom stereocenters. The third-order valence-electron chi connectivity index (χ3n) is 5.81. The summed E-state index contributed by atoms with van der Waals surface area (Å²) in [7, 11) is 0. The summed E-state index contributed by atoms with van der Waals surface area (Å²) < 4.78 is 7.96. The molecule has 0 saturated carbocycles. The fourth-order valence-electron chi connectivity index (χ4n) is 4.13. The van der Waals surface area contributed by atoms with Gasteiger partial charge in [0.05, 0.1) is 12.8 Å². The first-order chi connectivity index (χ1) is 17.2. The van der Waals surface area contributed by atoms with Gasteiger partial charge in [0, 0.05) is 27.4 Å². The van der Waals surface area contributed by atoms with Crippen LogP contribution in [0.25, 0.3) is 21.8 Å². The summed E-state index contributed by atoms with van der Waals surface area (Å²) in [6.07, 6.45) is 0.894. The highest BCUT2D eigenvalue weighted by molar-refractivity contribution is 6.07. The van der Waals surface area contributed by atoms with Crippen molar-refractivity contribution in [1.82, 2.24) is 9.99 Å². The minimum Gasteiger partial charge on any atom is -0.491 e. The number of hydrogen-bond donors (Lipinski definition) is 2. The van der Waals surface area contributed by atoms with E-state index in [2.05, 4.69) is 39.4 Å². The highest BCUT2D eigenvalue weighted by atomic mass is 16.5. The predicted molar refractivity (Wildman–Crippen MR) is 139 cm³/mol. The van der Waals surface area contributed by atoms with Gasteiger partial charge in [0.25, 0.3) is 5.91 Å². The molecule has 35 heavy (non-hydrogen) atoms. The van der Waals surface area contributed by atoms with Crippen LogP contribution in [0.1, 0.15) is 15.9 Å². The van der Waals surface area contributed by atoms with E-state index >= 15 is 0 Å². The number of aliphatic hydroxyl groups excluding tert-OH is 1. The largest absolute Gasteiger partial charge is 0.491 e. The Morgan fingerprint density at radius 2 is 1.46 bits per heavy atom. The molecule has 1 amide bonds. The van der Waals surface area contributed by atoms with Crippen LogP contribution in [-0.2, 0) is 6.54 Å².